The Hall–Kier alpha value is -4.75. The van der Waals surface area contributed by atoms with Crippen molar-refractivity contribution in [3.8, 4) is 0 Å². The van der Waals surface area contributed by atoms with Crippen molar-refractivity contribution in [2.45, 2.75) is 50.0 Å². The highest BCUT2D eigenvalue weighted by molar-refractivity contribution is 6.79. The number of nitrogens with zero attached hydrogens (tertiary/aromatic N) is 2. The van der Waals surface area contributed by atoms with Crippen molar-refractivity contribution < 1.29 is 37.4 Å². The summed E-state index contributed by atoms with van der Waals surface area (Å²) in [6, 6.07) is 19.0. The number of hydrogen-bond donors (Lipinski definition) is 1. The van der Waals surface area contributed by atoms with Gasteiger partial charge in [0.15, 0.2) is 6.10 Å². The summed E-state index contributed by atoms with van der Waals surface area (Å²) >= 11 is 0. The first-order valence-electron chi connectivity index (χ1n) is 14.1. The van der Waals surface area contributed by atoms with Gasteiger partial charge in [-0.15, -0.1) is 0 Å². The topological polar surface area (TPSA) is 126 Å². The molecule has 1 amide bonds. The molecule has 0 saturated carbocycles. The van der Waals surface area contributed by atoms with E-state index < -0.39 is 56.7 Å². The van der Waals surface area contributed by atoms with Crippen molar-refractivity contribution >= 4 is 43.9 Å². The first-order valence-corrected chi connectivity index (χ1v) is 17.8. The highest BCUT2D eigenvalue weighted by Gasteiger charge is 2.62. The molecule has 0 spiro atoms. The Morgan fingerprint density at radius 2 is 1.53 bits per heavy atom. The second kappa shape index (κ2) is 14.4. The second-order valence-corrected chi connectivity index (χ2v) is 16.9. The molecule has 236 valence electrons. The third kappa shape index (κ3) is 9.37. The highest BCUT2D eigenvalue weighted by atomic mass is 28.3. The fraction of sp³-hybridized carbons (Fsp3) is 0.281. The molecule has 0 bridgehead atoms. The van der Waals surface area contributed by atoms with E-state index in [2.05, 4.69) is 10.3 Å². The lowest BCUT2D eigenvalue weighted by Gasteiger charge is -2.23. The number of anilines is 1. The van der Waals surface area contributed by atoms with E-state index in [9.17, 15) is 19.2 Å². The molecule has 2 aromatic carbocycles. The Morgan fingerprint density at radius 1 is 0.956 bits per heavy atom. The zero-order chi connectivity index (χ0) is 32.6. The lowest BCUT2D eigenvalue weighted by molar-refractivity contribution is -0.172. The molecule has 1 aliphatic heterocycles. The van der Waals surface area contributed by atoms with Crippen LogP contribution in [0.5, 0.6) is 0 Å². The molecule has 10 nitrogen and oxygen atoms in total. The van der Waals surface area contributed by atoms with Crippen LogP contribution in [0.4, 0.5) is 14.6 Å². The minimum Gasteiger partial charge on any atom is -0.460 e. The van der Waals surface area contributed by atoms with E-state index in [4.69, 9.17) is 14.2 Å². The standard InChI is InChI=1S/C32H33F2N3O7Si/c1-45(2,3)21-26(38)35-25-18-19-37(31(41)36-25)30-32(33,34)29(44-28(40)17-15-23-12-8-5-9-13-23)24(43-30)20-42-27(39)16-14-22-10-6-4-7-11-22/h4-19,24,29-30H,20-21H2,1-3H3,(H,35,36,38,41)/t24-,29?,30-/m1/s1. The number of ether oxygens (including phenoxy) is 3. The van der Waals surface area contributed by atoms with Crippen LogP contribution in [0.25, 0.3) is 12.2 Å². The molecule has 13 heteroatoms. The van der Waals surface area contributed by atoms with Crippen LogP contribution in [0, 0.1) is 0 Å². The van der Waals surface area contributed by atoms with Gasteiger partial charge in [0.25, 0.3) is 0 Å². The van der Waals surface area contributed by atoms with Crippen LogP contribution < -0.4 is 11.0 Å². The van der Waals surface area contributed by atoms with Gasteiger partial charge >= 0.3 is 23.6 Å². The number of aromatic nitrogens is 2. The molecule has 3 aromatic rings. The molecule has 3 atom stereocenters. The number of carbonyl (C=O) groups excluding carboxylic acids is 3. The van der Waals surface area contributed by atoms with Crippen LogP contribution in [0.3, 0.4) is 0 Å². The Morgan fingerprint density at radius 3 is 2.09 bits per heavy atom. The summed E-state index contributed by atoms with van der Waals surface area (Å²) in [6.45, 7) is 5.26. The number of esters is 2. The van der Waals surface area contributed by atoms with Gasteiger partial charge in [-0.25, -0.2) is 14.4 Å². The monoisotopic (exact) mass is 637 g/mol. The zero-order valence-electron chi connectivity index (χ0n) is 24.9. The first kappa shape index (κ1) is 33.1. The number of halogens is 2. The average molecular weight is 638 g/mol. The first-order chi connectivity index (χ1) is 21.3. The lowest BCUT2D eigenvalue weighted by atomic mass is 10.1. The van der Waals surface area contributed by atoms with Crippen LogP contribution in [-0.4, -0.2) is 60.2 Å². The normalized spacial score (nSPS) is 19.4. The van der Waals surface area contributed by atoms with Gasteiger partial charge in [-0.2, -0.15) is 13.8 Å². The SMILES string of the molecule is C[Si](C)(C)CC(=O)Nc1ccn([C@@H]2O[C@H](COC(=O)C=Cc3ccccc3)C(OC(=O)C=Cc3ccccc3)C2(F)F)c(=O)n1. The Bertz CT molecular complexity index is 1620. The van der Waals surface area contributed by atoms with E-state index in [0.717, 1.165) is 18.3 Å². The van der Waals surface area contributed by atoms with E-state index >= 15 is 8.78 Å². The third-order valence-electron chi connectivity index (χ3n) is 6.45. The summed E-state index contributed by atoms with van der Waals surface area (Å²) in [5, 5.41) is 2.51. The van der Waals surface area contributed by atoms with Gasteiger partial charge in [-0.1, -0.05) is 80.3 Å². The molecular weight excluding hydrogens is 604 g/mol. The summed E-state index contributed by atoms with van der Waals surface area (Å²) in [7, 11) is -1.76. The van der Waals surface area contributed by atoms with Crippen LogP contribution in [0.1, 0.15) is 17.4 Å². The Kier molecular flexibility index (Phi) is 10.6. The average Bonchev–Trinajstić information content (AvgIpc) is 3.22. The van der Waals surface area contributed by atoms with Crippen molar-refractivity contribution in [2.24, 2.45) is 0 Å². The van der Waals surface area contributed by atoms with E-state index in [0.29, 0.717) is 15.7 Å². The number of carbonyl (C=O) groups is 3. The maximum Gasteiger partial charge on any atom is 0.351 e. The van der Waals surface area contributed by atoms with Gasteiger partial charge in [-0.3, -0.25) is 9.36 Å². The molecule has 45 heavy (non-hydrogen) atoms. The molecule has 2 heterocycles. The van der Waals surface area contributed by atoms with Crippen molar-refractivity contribution in [3.63, 3.8) is 0 Å². The summed E-state index contributed by atoms with van der Waals surface area (Å²) in [6.07, 6.45) is -0.159. The Balaban J connectivity index is 1.53. The van der Waals surface area contributed by atoms with Gasteiger partial charge in [0.2, 0.25) is 12.1 Å². The van der Waals surface area contributed by atoms with Crippen LogP contribution >= 0.6 is 0 Å². The number of nitrogens with one attached hydrogen (secondary N) is 1. The molecule has 1 fully saturated rings. The van der Waals surface area contributed by atoms with Gasteiger partial charge in [-0.05, 0) is 29.3 Å². The van der Waals surface area contributed by atoms with Gasteiger partial charge in [0.1, 0.15) is 18.5 Å². The minimum absolute atomic E-state index is 0.106. The van der Waals surface area contributed by atoms with E-state index in [1.165, 1.54) is 18.2 Å². The van der Waals surface area contributed by atoms with Crippen LogP contribution in [0.2, 0.25) is 25.7 Å². The molecule has 0 aliphatic carbocycles. The van der Waals surface area contributed by atoms with Crippen molar-refractivity contribution in [3.05, 3.63) is 107 Å². The lowest BCUT2D eigenvalue weighted by Crippen LogP contribution is -2.44. The van der Waals surface area contributed by atoms with Crippen molar-refractivity contribution in [1.29, 1.82) is 0 Å². The second-order valence-electron chi connectivity index (χ2n) is 11.5. The Labute approximate surface area is 259 Å². The predicted molar refractivity (Wildman–Crippen MR) is 166 cm³/mol. The minimum atomic E-state index is -3.96. The third-order valence-corrected chi connectivity index (χ3v) is 7.83. The smallest absolute Gasteiger partial charge is 0.351 e. The van der Waals surface area contributed by atoms with E-state index in [1.807, 2.05) is 19.6 Å². The van der Waals surface area contributed by atoms with Crippen molar-refractivity contribution in [2.75, 3.05) is 11.9 Å². The highest BCUT2D eigenvalue weighted by Crippen LogP contribution is 2.44. The maximum atomic E-state index is 15.9. The van der Waals surface area contributed by atoms with Crippen molar-refractivity contribution in [1.82, 2.24) is 9.55 Å². The molecule has 1 N–H and O–H groups in total. The van der Waals surface area contributed by atoms with Crippen LogP contribution in [-0.2, 0) is 28.6 Å². The molecule has 0 radical (unpaired) electrons. The maximum absolute atomic E-state index is 15.9. The van der Waals surface area contributed by atoms with Gasteiger partial charge in [0.05, 0.1) is 8.07 Å². The number of hydrogen-bond acceptors (Lipinski definition) is 8. The van der Waals surface area contributed by atoms with E-state index in [1.54, 1.807) is 60.7 Å². The molecule has 4 rings (SSSR count). The summed E-state index contributed by atoms with van der Waals surface area (Å²) in [5.41, 5.74) is 0.206. The largest absolute Gasteiger partial charge is 0.460 e. The summed E-state index contributed by atoms with van der Waals surface area (Å²) in [4.78, 5) is 53.9. The fourth-order valence-electron chi connectivity index (χ4n) is 4.41. The van der Waals surface area contributed by atoms with E-state index in [-0.39, 0.29) is 17.8 Å². The summed E-state index contributed by atoms with van der Waals surface area (Å²) in [5.74, 6) is -6.36. The molecule has 1 aromatic heterocycles. The van der Waals surface area contributed by atoms with Crippen LogP contribution in [0.15, 0.2) is 89.9 Å². The quantitative estimate of drug-likeness (QED) is 0.178. The fourth-order valence-corrected chi connectivity index (χ4v) is 5.46. The van der Waals surface area contributed by atoms with Gasteiger partial charge < -0.3 is 19.5 Å². The molecule has 1 aliphatic rings. The summed E-state index contributed by atoms with van der Waals surface area (Å²) < 4.78 is 48.1. The molecule has 1 unspecified atom stereocenters. The molecular formula is C32H33F2N3O7Si. The number of amides is 1. The zero-order valence-corrected chi connectivity index (χ0v) is 25.9. The number of alkyl halides is 2. The van der Waals surface area contributed by atoms with Gasteiger partial charge in [0, 0.05) is 24.4 Å². The predicted octanol–water partition coefficient (Wildman–Crippen LogP) is 4.93. The molecule has 1 saturated heterocycles. The number of rotatable bonds is 11. The number of benzene rings is 2.